The summed E-state index contributed by atoms with van der Waals surface area (Å²) in [6, 6.07) is 9.63. The first-order chi connectivity index (χ1) is 9.22. The van der Waals surface area contributed by atoms with E-state index in [9.17, 15) is 0 Å². The van der Waals surface area contributed by atoms with Gasteiger partial charge in [0.15, 0.2) is 0 Å². The van der Waals surface area contributed by atoms with Crippen molar-refractivity contribution in [2.45, 2.75) is 58.9 Å². The van der Waals surface area contributed by atoms with Crippen LogP contribution in [0.2, 0.25) is 0 Å². The average Bonchev–Trinajstić information content (AvgIpc) is 2.57. The van der Waals surface area contributed by atoms with Gasteiger partial charge >= 0.3 is 0 Å². The van der Waals surface area contributed by atoms with Gasteiger partial charge in [-0.25, -0.2) is 0 Å². The van der Waals surface area contributed by atoms with Gasteiger partial charge < -0.3 is 5.32 Å². The summed E-state index contributed by atoms with van der Waals surface area (Å²) in [5.41, 5.74) is 3.14. The number of hydrogen-bond donors (Lipinski definition) is 1. The molecule has 0 saturated heterocycles. The molecule has 2 atom stereocenters. The van der Waals surface area contributed by atoms with Gasteiger partial charge in [0.25, 0.3) is 0 Å². The topological polar surface area (TPSA) is 12.0 Å². The molecule has 19 heavy (non-hydrogen) atoms. The highest BCUT2D eigenvalue weighted by Gasteiger charge is 2.26. The van der Waals surface area contributed by atoms with E-state index in [2.05, 4.69) is 50.4 Å². The Balaban J connectivity index is 2.19. The minimum atomic E-state index is 0.572. The van der Waals surface area contributed by atoms with Crippen molar-refractivity contribution in [2.24, 2.45) is 11.8 Å². The summed E-state index contributed by atoms with van der Waals surface area (Å²) in [6.45, 7) is 7.98. The normalized spacial score (nSPS) is 23.2. The molecule has 0 aliphatic heterocycles. The van der Waals surface area contributed by atoms with Crippen LogP contribution < -0.4 is 5.32 Å². The number of nitrogens with one attached hydrogen (secondary N) is 1. The quantitative estimate of drug-likeness (QED) is 0.754. The van der Waals surface area contributed by atoms with Crippen molar-refractivity contribution in [1.29, 1.82) is 0 Å². The van der Waals surface area contributed by atoms with E-state index in [-0.39, 0.29) is 0 Å². The van der Waals surface area contributed by atoms with Crippen LogP contribution in [0.3, 0.4) is 0 Å². The number of hydrogen-bond acceptors (Lipinski definition) is 1. The van der Waals surface area contributed by atoms with Crippen LogP contribution >= 0.6 is 0 Å². The lowest BCUT2D eigenvalue weighted by atomic mass is 9.85. The van der Waals surface area contributed by atoms with Crippen LogP contribution in [0, 0.1) is 11.8 Å². The minimum Gasteiger partial charge on any atom is -0.310 e. The number of fused-ring (bicyclic) bond motifs is 1. The van der Waals surface area contributed by atoms with Gasteiger partial charge in [-0.05, 0) is 55.2 Å². The van der Waals surface area contributed by atoms with E-state index in [0.29, 0.717) is 6.04 Å². The van der Waals surface area contributed by atoms with Gasteiger partial charge in [-0.15, -0.1) is 0 Å². The fraction of sp³-hybridized carbons (Fsp3) is 0.667. The number of rotatable bonds is 5. The first kappa shape index (κ1) is 14.6. The zero-order valence-electron chi connectivity index (χ0n) is 12.8. The molecule has 106 valence electrons. The van der Waals surface area contributed by atoms with E-state index in [1.807, 2.05) is 0 Å². The van der Waals surface area contributed by atoms with Gasteiger partial charge in [0.2, 0.25) is 0 Å². The minimum absolute atomic E-state index is 0.572. The molecule has 2 rings (SSSR count). The Labute approximate surface area is 118 Å². The predicted octanol–water partition coefficient (Wildman–Crippen LogP) is 4.73. The summed E-state index contributed by atoms with van der Waals surface area (Å²) in [6.07, 6.45) is 6.70. The highest BCUT2D eigenvalue weighted by Crippen LogP contribution is 2.36. The van der Waals surface area contributed by atoms with Gasteiger partial charge in [0, 0.05) is 6.04 Å². The largest absolute Gasteiger partial charge is 0.310 e. The zero-order valence-corrected chi connectivity index (χ0v) is 12.8. The highest BCUT2D eigenvalue weighted by molar-refractivity contribution is 5.31. The molecule has 0 radical (unpaired) electrons. The Hall–Kier alpha value is -0.820. The van der Waals surface area contributed by atoms with Crippen LogP contribution in [0.5, 0.6) is 0 Å². The van der Waals surface area contributed by atoms with Crippen molar-refractivity contribution < 1.29 is 0 Å². The molecular formula is C18H29N. The lowest BCUT2D eigenvalue weighted by molar-refractivity contribution is 0.307. The molecule has 0 saturated carbocycles. The fourth-order valence-corrected chi connectivity index (χ4v) is 3.40. The van der Waals surface area contributed by atoms with Crippen LogP contribution in [0.1, 0.15) is 63.6 Å². The molecule has 1 nitrogen and oxygen atoms in total. The Bertz CT molecular complexity index is 383. The maximum atomic E-state index is 3.75. The zero-order chi connectivity index (χ0) is 13.7. The van der Waals surface area contributed by atoms with Gasteiger partial charge in [-0.1, -0.05) is 51.5 Å². The van der Waals surface area contributed by atoms with E-state index in [1.54, 1.807) is 11.1 Å². The van der Waals surface area contributed by atoms with Gasteiger partial charge in [0.1, 0.15) is 0 Å². The standard InChI is InChI=1S/C18H29N/c1-4-19-18-16(13-12-14(2)3)10-7-9-15-8-5-6-11-17(15)18/h5-6,8,11,14,16,18-19H,4,7,9-10,12-13H2,1-3H3. The van der Waals surface area contributed by atoms with Crippen LogP contribution in [0.15, 0.2) is 24.3 Å². The Morgan fingerprint density at radius 3 is 2.79 bits per heavy atom. The third-order valence-electron chi connectivity index (χ3n) is 4.42. The van der Waals surface area contributed by atoms with E-state index >= 15 is 0 Å². The Morgan fingerprint density at radius 2 is 2.05 bits per heavy atom. The third kappa shape index (κ3) is 3.82. The second-order valence-electron chi connectivity index (χ2n) is 6.36. The van der Waals surface area contributed by atoms with Crippen LogP contribution in [-0.2, 0) is 6.42 Å². The molecule has 0 bridgehead atoms. The van der Waals surface area contributed by atoms with Crippen molar-refractivity contribution in [2.75, 3.05) is 6.54 Å². The molecule has 0 amide bonds. The molecule has 1 aromatic rings. The second kappa shape index (κ2) is 7.09. The van der Waals surface area contributed by atoms with Crippen LogP contribution in [0.4, 0.5) is 0 Å². The molecular weight excluding hydrogens is 230 g/mol. The summed E-state index contributed by atoms with van der Waals surface area (Å²) in [4.78, 5) is 0. The molecule has 1 heteroatoms. The number of aryl methyl sites for hydroxylation is 1. The second-order valence-corrected chi connectivity index (χ2v) is 6.36. The van der Waals surface area contributed by atoms with Crippen LogP contribution in [0.25, 0.3) is 0 Å². The first-order valence-electron chi connectivity index (χ1n) is 8.03. The maximum absolute atomic E-state index is 3.75. The van der Waals surface area contributed by atoms with E-state index in [4.69, 9.17) is 0 Å². The summed E-state index contributed by atoms with van der Waals surface area (Å²) in [7, 11) is 0. The van der Waals surface area contributed by atoms with Gasteiger partial charge in [0.05, 0.1) is 0 Å². The SMILES string of the molecule is CCNC1c2ccccc2CCCC1CCC(C)C. The first-order valence-corrected chi connectivity index (χ1v) is 8.03. The van der Waals surface area contributed by atoms with Gasteiger partial charge in [-0.3, -0.25) is 0 Å². The lowest BCUT2D eigenvalue weighted by Crippen LogP contribution is -2.28. The average molecular weight is 259 g/mol. The monoisotopic (exact) mass is 259 g/mol. The fourth-order valence-electron chi connectivity index (χ4n) is 3.40. The molecule has 0 aromatic heterocycles. The van der Waals surface area contributed by atoms with E-state index in [1.165, 1.54) is 32.1 Å². The molecule has 0 heterocycles. The molecule has 1 N–H and O–H groups in total. The van der Waals surface area contributed by atoms with E-state index < -0.39 is 0 Å². The molecule has 1 aliphatic carbocycles. The Morgan fingerprint density at radius 1 is 1.26 bits per heavy atom. The molecule has 1 aromatic carbocycles. The van der Waals surface area contributed by atoms with Crippen molar-refractivity contribution in [3.05, 3.63) is 35.4 Å². The van der Waals surface area contributed by atoms with Crippen molar-refractivity contribution >= 4 is 0 Å². The van der Waals surface area contributed by atoms with Gasteiger partial charge in [-0.2, -0.15) is 0 Å². The van der Waals surface area contributed by atoms with Crippen LogP contribution in [-0.4, -0.2) is 6.54 Å². The number of benzene rings is 1. The molecule has 0 fully saturated rings. The summed E-state index contributed by atoms with van der Waals surface area (Å²) < 4.78 is 0. The predicted molar refractivity (Wildman–Crippen MR) is 83.4 cm³/mol. The third-order valence-corrected chi connectivity index (χ3v) is 4.42. The highest BCUT2D eigenvalue weighted by atomic mass is 14.9. The molecule has 0 spiro atoms. The van der Waals surface area contributed by atoms with Crippen molar-refractivity contribution in [1.82, 2.24) is 5.32 Å². The summed E-state index contributed by atoms with van der Waals surface area (Å²) >= 11 is 0. The molecule has 1 aliphatic rings. The summed E-state index contributed by atoms with van der Waals surface area (Å²) in [5, 5.41) is 3.75. The smallest absolute Gasteiger partial charge is 0.0351 e. The van der Waals surface area contributed by atoms with Crippen molar-refractivity contribution in [3.63, 3.8) is 0 Å². The van der Waals surface area contributed by atoms with Crippen molar-refractivity contribution in [3.8, 4) is 0 Å². The lowest BCUT2D eigenvalue weighted by Gasteiger charge is -2.28. The maximum Gasteiger partial charge on any atom is 0.0351 e. The Kier molecular flexibility index (Phi) is 5.45. The summed E-state index contributed by atoms with van der Waals surface area (Å²) in [5.74, 6) is 1.63. The molecule has 2 unspecified atom stereocenters. The van der Waals surface area contributed by atoms with E-state index in [0.717, 1.165) is 18.4 Å².